The lowest BCUT2D eigenvalue weighted by Gasteiger charge is -2.13. The quantitative estimate of drug-likeness (QED) is 0.440. The van der Waals surface area contributed by atoms with Crippen molar-refractivity contribution < 1.29 is 14.0 Å². The van der Waals surface area contributed by atoms with E-state index >= 15 is 0 Å². The Morgan fingerprint density at radius 1 is 1.17 bits per heavy atom. The number of hydrogen-bond acceptors (Lipinski definition) is 5. The van der Waals surface area contributed by atoms with E-state index in [4.69, 9.17) is 0 Å². The Bertz CT molecular complexity index is 1050. The van der Waals surface area contributed by atoms with E-state index < -0.39 is 23.0 Å². The van der Waals surface area contributed by atoms with Gasteiger partial charge in [-0.1, -0.05) is 48.2 Å². The number of thioether (sulfide) groups is 1. The fourth-order valence-corrected chi connectivity index (χ4v) is 3.48. The maximum atomic E-state index is 14.2. The first-order chi connectivity index (χ1) is 14.5. The molecular formula is C21H20FN5O2S. The van der Waals surface area contributed by atoms with Gasteiger partial charge in [0.25, 0.3) is 0 Å². The second-order valence-corrected chi connectivity index (χ2v) is 7.56. The van der Waals surface area contributed by atoms with Gasteiger partial charge in [0, 0.05) is 12.2 Å². The van der Waals surface area contributed by atoms with Gasteiger partial charge < -0.3 is 5.32 Å². The zero-order valence-corrected chi connectivity index (χ0v) is 17.0. The fraction of sp³-hybridized carbons (Fsp3) is 0.143. The van der Waals surface area contributed by atoms with E-state index in [9.17, 15) is 14.0 Å². The van der Waals surface area contributed by atoms with Crippen LogP contribution in [0.5, 0.6) is 0 Å². The highest BCUT2D eigenvalue weighted by Gasteiger charge is 2.22. The topological polar surface area (TPSA) is 88.9 Å². The minimum absolute atomic E-state index is 0.304. The van der Waals surface area contributed by atoms with Gasteiger partial charge in [-0.25, -0.2) is 9.18 Å². The first kappa shape index (κ1) is 21.3. The summed E-state index contributed by atoms with van der Waals surface area (Å²) in [5.74, 6) is -0.575. The first-order valence-electron chi connectivity index (χ1n) is 9.12. The molecule has 2 N–H and O–H groups in total. The molecule has 154 valence electrons. The third kappa shape index (κ3) is 5.12. The zero-order chi connectivity index (χ0) is 21.5. The van der Waals surface area contributed by atoms with E-state index in [1.165, 1.54) is 6.07 Å². The molecule has 0 saturated heterocycles. The van der Waals surface area contributed by atoms with Crippen molar-refractivity contribution in [1.29, 1.82) is 0 Å². The number of aromatic nitrogens is 3. The Balaban J connectivity index is 1.70. The third-order valence-electron chi connectivity index (χ3n) is 4.06. The lowest BCUT2D eigenvalue weighted by atomic mass is 10.2. The standard InChI is InChI=1S/C21H20FN5O2S/c1-3-13-27-18(16-11-7-8-12-17(16)22)25-26-21(27)30-14(2)19(28)24-20(29)23-15-9-5-4-6-10-15/h3-12,14H,1,13H2,2H3,(H2,23,24,28,29). The SMILES string of the molecule is C=CCn1c(SC(C)C(=O)NC(=O)Nc2ccccc2)nnc1-c1ccccc1F. The Morgan fingerprint density at radius 3 is 2.57 bits per heavy atom. The molecule has 3 amide bonds. The lowest BCUT2D eigenvalue weighted by Crippen LogP contribution is -2.38. The number of carbonyl (C=O) groups excluding carboxylic acids is 2. The number of para-hydroxylation sites is 1. The average Bonchev–Trinajstić information content (AvgIpc) is 3.11. The minimum Gasteiger partial charge on any atom is -0.308 e. The molecule has 0 bridgehead atoms. The molecule has 7 nitrogen and oxygen atoms in total. The van der Waals surface area contributed by atoms with Crippen LogP contribution in [0.1, 0.15) is 6.92 Å². The Labute approximate surface area is 177 Å². The van der Waals surface area contributed by atoms with Gasteiger partial charge in [0.2, 0.25) is 5.91 Å². The van der Waals surface area contributed by atoms with Gasteiger partial charge in [0.05, 0.1) is 10.8 Å². The molecule has 3 rings (SSSR count). The summed E-state index contributed by atoms with van der Waals surface area (Å²) in [5, 5.41) is 12.8. The van der Waals surface area contributed by atoms with E-state index in [1.54, 1.807) is 60.0 Å². The molecule has 1 unspecified atom stereocenters. The van der Waals surface area contributed by atoms with E-state index in [2.05, 4.69) is 27.4 Å². The van der Waals surface area contributed by atoms with Crippen molar-refractivity contribution in [2.45, 2.75) is 23.9 Å². The molecule has 0 aliphatic carbocycles. The summed E-state index contributed by atoms with van der Waals surface area (Å²) in [6.45, 7) is 5.70. The molecule has 0 fully saturated rings. The Hall–Kier alpha value is -3.46. The second kappa shape index (κ2) is 9.84. The van der Waals surface area contributed by atoms with E-state index in [0.29, 0.717) is 28.8 Å². The number of nitrogens with one attached hydrogen (secondary N) is 2. The first-order valence-corrected chi connectivity index (χ1v) is 10.00. The summed E-state index contributed by atoms with van der Waals surface area (Å²) < 4.78 is 15.9. The summed E-state index contributed by atoms with van der Waals surface area (Å²) >= 11 is 1.11. The van der Waals surface area contributed by atoms with Gasteiger partial charge in [-0.2, -0.15) is 0 Å². The van der Waals surface area contributed by atoms with Gasteiger partial charge in [-0.3, -0.25) is 14.7 Å². The summed E-state index contributed by atoms with van der Waals surface area (Å²) in [4.78, 5) is 24.5. The minimum atomic E-state index is -0.646. The van der Waals surface area contributed by atoms with Crippen molar-refractivity contribution in [3.05, 3.63) is 73.1 Å². The molecule has 3 aromatic rings. The van der Waals surface area contributed by atoms with Gasteiger partial charge in [-0.15, -0.1) is 16.8 Å². The summed E-state index contributed by atoms with van der Waals surface area (Å²) in [6, 6.07) is 14.4. The zero-order valence-electron chi connectivity index (χ0n) is 16.2. The van der Waals surface area contributed by atoms with Gasteiger partial charge in [-0.05, 0) is 31.2 Å². The van der Waals surface area contributed by atoms with E-state index in [1.807, 2.05) is 6.07 Å². The van der Waals surface area contributed by atoms with Crippen LogP contribution in [0.3, 0.4) is 0 Å². The number of anilines is 1. The van der Waals surface area contributed by atoms with Crippen LogP contribution in [-0.2, 0) is 11.3 Å². The number of rotatable bonds is 7. The highest BCUT2D eigenvalue weighted by Crippen LogP contribution is 2.28. The molecular weight excluding hydrogens is 405 g/mol. The number of benzene rings is 2. The highest BCUT2D eigenvalue weighted by molar-refractivity contribution is 8.00. The molecule has 0 aliphatic rings. The molecule has 0 aliphatic heterocycles. The number of amides is 3. The molecule has 0 radical (unpaired) electrons. The molecule has 2 aromatic carbocycles. The number of allylic oxidation sites excluding steroid dienone is 1. The van der Waals surface area contributed by atoms with Crippen LogP contribution in [0.4, 0.5) is 14.9 Å². The average molecular weight is 425 g/mol. The van der Waals surface area contributed by atoms with Crippen LogP contribution in [0, 0.1) is 5.82 Å². The molecule has 1 aromatic heterocycles. The molecule has 30 heavy (non-hydrogen) atoms. The van der Waals surface area contributed by atoms with Crippen LogP contribution in [0.25, 0.3) is 11.4 Å². The monoisotopic (exact) mass is 425 g/mol. The second-order valence-electron chi connectivity index (χ2n) is 6.25. The number of halogens is 1. The van der Waals surface area contributed by atoms with Crippen LogP contribution in [0.2, 0.25) is 0 Å². The predicted octanol–water partition coefficient (Wildman–Crippen LogP) is 4.10. The number of hydrogen-bond donors (Lipinski definition) is 2. The number of nitrogens with zero attached hydrogens (tertiary/aromatic N) is 3. The summed E-state index contributed by atoms with van der Waals surface area (Å²) in [6.07, 6.45) is 1.63. The fourth-order valence-electron chi connectivity index (χ4n) is 2.62. The third-order valence-corrected chi connectivity index (χ3v) is 5.14. The molecule has 9 heteroatoms. The van der Waals surface area contributed by atoms with Crippen LogP contribution in [0.15, 0.2) is 72.4 Å². The lowest BCUT2D eigenvalue weighted by molar-refractivity contribution is -0.119. The van der Waals surface area contributed by atoms with Crippen molar-refractivity contribution >= 4 is 29.4 Å². The normalized spacial score (nSPS) is 11.5. The molecule has 0 spiro atoms. The van der Waals surface area contributed by atoms with E-state index in [0.717, 1.165) is 11.8 Å². The maximum Gasteiger partial charge on any atom is 0.325 e. The van der Waals surface area contributed by atoms with Crippen LogP contribution >= 0.6 is 11.8 Å². The molecule has 1 heterocycles. The highest BCUT2D eigenvalue weighted by atomic mass is 32.2. The van der Waals surface area contributed by atoms with Gasteiger partial charge >= 0.3 is 6.03 Å². The molecule has 0 saturated carbocycles. The van der Waals surface area contributed by atoms with E-state index in [-0.39, 0.29) is 0 Å². The van der Waals surface area contributed by atoms with Crippen LogP contribution < -0.4 is 10.6 Å². The number of urea groups is 1. The summed E-state index contributed by atoms with van der Waals surface area (Å²) in [7, 11) is 0. The largest absolute Gasteiger partial charge is 0.325 e. The number of imide groups is 1. The van der Waals surface area contributed by atoms with Crippen LogP contribution in [-0.4, -0.2) is 32.0 Å². The molecule has 1 atom stereocenters. The van der Waals surface area contributed by atoms with Crippen molar-refractivity contribution in [3.8, 4) is 11.4 Å². The maximum absolute atomic E-state index is 14.2. The van der Waals surface area contributed by atoms with Crippen molar-refractivity contribution in [2.24, 2.45) is 0 Å². The van der Waals surface area contributed by atoms with Gasteiger partial charge in [0.1, 0.15) is 5.82 Å². The summed E-state index contributed by atoms with van der Waals surface area (Å²) in [5.41, 5.74) is 0.876. The Morgan fingerprint density at radius 2 is 1.87 bits per heavy atom. The number of carbonyl (C=O) groups is 2. The smallest absolute Gasteiger partial charge is 0.308 e. The predicted molar refractivity (Wildman–Crippen MR) is 115 cm³/mol. The van der Waals surface area contributed by atoms with Crippen molar-refractivity contribution in [2.75, 3.05) is 5.32 Å². The Kier molecular flexibility index (Phi) is 6.97. The van der Waals surface area contributed by atoms with Crippen molar-refractivity contribution in [3.63, 3.8) is 0 Å². The van der Waals surface area contributed by atoms with Crippen molar-refractivity contribution in [1.82, 2.24) is 20.1 Å². The van der Waals surface area contributed by atoms with Gasteiger partial charge in [0.15, 0.2) is 11.0 Å².